The van der Waals surface area contributed by atoms with Crippen LogP contribution in [-0.4, -0.2) is 22.5 Å². The summed E-state index contributed by atoms with van der Waals surface area (Å²) >= 11 is 0. The molecular weight excluding hydrogens is 372 g/mol. The molecule has 0 N–H and O–H groups in total. The van der Waals surface area contributed by atoms with Crippen LogP contribution in [0.5, 0.6) is 0 Å². The molecule has 0 radical (unpaired) electrons. The number of hydrogen-bond donors (Lipinski definition) is 0. The number of carbonyl (C=O) groups is 2. The van der Waals surface area contributed by atoms with E-state index < -0.39 is 0 Å². The van der Waals surface area contributed by atoms with Gasteiger partial charge in [-0.3, -0.25) is 9.59 Å². The number of nitrogens with zero attached hydrogens (tertiary/aromatic N) is 2. The summed E-state index contributed by atoms with van der Waals surface area (Å²) in [4.78, 5) is 32.1. The zero-order valence-corrected chi connectivity index (χ0v) is 15.9. The molecule has 0 aliphatic heterocycles. The van der Waals surface area contributed by atoms with Gasteiger partial charge in [0.1, 0.15) is 12.6 Å². The number of rotatable bonds is 4. The minimum absolute atomic E-state index is 0.614. The third-order valence-corrected chi connectivity index (χ3v) is 5.16. The summed E-state index contributed by atoms with van der Waals surface area (Å²) in [6.07, 6.45) is 1.67. The second-order valence-corrected chi connectivity index (χ2v) is 7.09. The van der Waals surface area contributed by atoms with E-state index in [-0.39, 0.29) is 0 Å². The average Bonchev–Trinajstić information content (AvgIpc) is 2.83. The van der Waals surface area contributed by atoms with Crippen LogP contribution in [0.2, 0.25) is 0 Å². The molecule has 5 aromatic rings. The molecule has 30 heavy (non-hydrogen) atoms. The monoisotopic (exact) mass is 388 g/mol. The first-order valence-electron chi connectivity index (χ1n) is 9.57. The highest BCUT2D eigenvalue weighted by atomic mass is 16.1. The normalized spacial score (nSPS) is 10.9. The van der Waals surface area contributed by atoms with E-state index in [4.69, 9.17) is 9.97 Å². The van der Waals surface area contributed by atoms with Crippen molar-refractivity contribution >= 4 is 34.4 Å². The van der Waals surface area contributed by atoms with Gasteiger partial charge in [0.2, 0.25) is 0 Å². The average molecular weight is 388 g/mol. The first-order chi connectivity index (χ1) is 14.7. The summed E-state index contributed by atoms with van der Waals surface area (Å²) in [7, 11) is 0. The lowest BCUT2D eigenvalue weighted by Crippen LogP contribution is -1.92. The fourth-order valence-corrected chi connectivity index (χ4v) is 3.63. The number of pyridine rings is 2. The van der Waals surface area contributed by atoms with Gasteiger partial charge < -0.3 is 0 Å². The molecule has 0 unspecified atom stereocenters. The zero-order valence-electron chi connectivity index (χ0n) is 15.9. The van der Waals surface area contributed by atoms with E-state index in [1.165, 1.54) is 0 Å². The molecule has 4 nitrogen and oxygen atoms in total. The maximum Gasteiger partial charge on any atom is 0.150 e. The highest BCUT2D eigenvalue weighted by Crippen LogP contribution is 2.29. The Labute approximate surface area is 172 Å². The first kappa shape index (κ1) is 17.9. The van der Waals surface area contributed by atoms with Gasteiger partial charge in [-0.2, -0.15) is 0 Å². The van der Waals surface area contributed by atoms with Crippen LogP contribution in [0.1, 0.15) is 20.7 Å². The van der Waals surface area contributed by atoms with E-state index >= 15 is 0 Å². The van der Waals surface area contributed by atoms with Crippen molar-refractivity contribution in [3.63, 3.8) is 0 Å². The lowest BCUT2D eigenvalue weighted by atomic mass is 10.0. The lowest BCUT2D eigenvalue weighted by Gasteiger charge is -2.08. The molecule has 142 valence electrons. The van der Waals surface area contributed by atoms with Gasteiger partial charge in [-0.05, 0) is 24.3 Å². The van der Waals surface area contributed by atoms with Crippen LogP contribution in [-0.2, 0) is 0 Å². The van der Waals surface area contributed by atoms with Crippen LogP contribution in [0.4, 0.5) is 0 Å². The molecule has 0 atom stereocenters. The lowest BCUT2D eigenvalue weighted by molar-refractivity contribution is 0.111. The predicted octanol–water partition coefficient (Wildman–Crippen LogP) is 5.74. The molecule has 0 saturated heterocycles. The number of benzene rings is 3. The topological polar surface area (TPSA) is 59.9 Å². The molecule has 2 heterocycles. The van der Waals surface area contributed by atoms with Crippen molar-refractivity contribution < 1.29 is 9.59 Å². The number of carbonyl (C=O) groups excluding carboxylic acids is 2. The maximum atomic E-state index is 11.1. The van der Waals surface area contributed by atoms with E-state index in [0.29, 0.717) is 11.1 Å². The number of fused-ring (bicyclic) bond motifs is 3. The SMILES string of the molecule is O=Cc1cccc(-c2ccc3ccc4ccc(-c5cccc(C=O)c5)nc4c3n2)c1. The maximum absolute atomic E-state index is 11.1. The molecule has 0 spiro atoms. The molecule has 3 aromatic carbocycles. The zero-order chi connectivity index (χ0) is 20.5. The quantitative estimate of drug-likeness (QED) is 0.291. The molecule has 0 amide bonds. The van der Waals surface area contributed by atoms with Crippen LogP contribution in [0.15, 0.2) is 84.9 Å². The number of aldehydes is 2. The van der Waals surface area contributed by atoms with Gasteiger partial charge in [-0.15, -0.1) is 0 Å². The van der Waals surface area contributed by atoms with Crippen LogP contribution in [0.25, 0.3) is 44.3 Å². The molecule has 4 heteroatoms. The summed E-state index contributed by atoms with van der Waals surface area (Å²) in [5.41, 5.74) is 6.17. The Morgan fingerprint density at radius 3 is 1.40 bits per heavy atom. The minimum atomic E-state index is 0.614. The molecule has 5 rings (SSSR count). The molecule has 2 aromatic heterocycles. The van der Waals surface area contributed by atoms with Crippen LogP contribution >= 0.6 is 0 Å². The Morgan fingerprint density at radius 2 is 0.967 bits per heavy atom. The highest BCUT2D eigenvalue weighted by molar-refractivity contribution is 6.04. The van der Waals surface area contributed by atoms with Crippen LogP contribution < -0.4 is 0 Å². The summed E-state index contributed by atoms with van der Waals surface area (Å²) in [5.74, 6) is 0. The first-order valence-corrected chi connectivity index (χ1v) is 9.57. The van der Waals surface area contributed by atoms with Crippen molar-refractivity contribution in [1.82, 2.24) is 9.97 Å². The fraction of sp³-hybridized carbons (Fsp3) is 0. The number of aromatic nitrogens is 2. The molecule has 0 aliphatic carbocycles. The highest BCUT2D eigenvalue weighted by Gasteiger charge is 2.09. The second-order valence-electron chi connectivity index (χ2n) is 7.09. The summed E-state index contributed by atoms with van der Waals surface area (Å²) < 4.78 is 0. The summed E-state index contributed by atoms with van der Waals surface area (Å²) in [6, 6.07) is 26.8. The Bertz CT molecular complexity index is 1330. The van der Waals surface area contributed by atoms with Gasteiger partial charge in [0.15, 0.2) is 0 Å². The third kappa shape index (κ3) is 3.14. The van der Waals surface area contributed by atoms with Crippen molar-refractivity contribution in [1.29, 1.82) is 0 Å². The van der Waals surface area contributed by atoms with Crippen molar-refractivity contribution in [3.05, 3.63) is 96.1 Å². The van der Waals surface area contributed by atoms with Crippen molar-refractivity contribution in [2.24, 2.45) is 0 Å². The van der Waals surface area contributed by atoms with Gasteiger partial charge >= 0.3 is 0 Å². The number of hydrogen-bond acceptors (Lipinski definition) is 4. The van der Waals surface area contributed by atoms with Crippen LogP contribution in [0.3, 0.4) is 0 Å². The van der Waals surface area contributed by atoms with Gasteiger partial charge in [-0.1, -0.05) is 60.7 Å². The molecule has 0 fully saturated rings. The van der Waals surface area contributed by atoms with E-state index in [1.54, 1.807) is 12.1 Å². The molecule has 0 bridgehead atoms. The standard InChI is InChI=1S/C26H16N2O2/c29-15-17-3-1-5-21(13-17)23-11-9-19-7-8-20-10-12-24(28-26(20)25(19)27-23)22-6-2-4-18(14-22)16-30/h1-16H. The van der Waals surface area contributed by atoms with Crippen molar-refractivity contribution in [2.45, 2.75) is 0 Å². The Balaban J connectivity index is 1.72. The molecular formula is C26H16N2O2. The Hall–Kier alpha value is -4.18. The predicted molar refractivity (Wildman–Crippen MR) is 119 cm³/mol. The van der Waals surface area contributed by atoms with Crippen molar-refractivity contribution in [3.8, 4) is 22.5 Å². The summed E-state index contributed by atoms with van der Waals surface area (Å²) in [5, 5.41) is 1.98. The van der Waals surface area contributed by atoms with Crippen LogP contribution in [0, 0.1) is 0 Å². The largest absolute Gasteiger partial charge is 0.298 e. The third-order valence-electron chi connectivity index (χ3n) is 5.16. The Kier molecular flexibility index (Phi) is 4.37. The second kappa shape index (κ2) is 7.33. The Morgan fingerprint density at radius 1 is 0.533 bits per heavy atom. The smallest absolute Gasteiger partial charge is 0.150 e. The van der Waals surface area contributed by atoms with Gasteiger partial charge in [0.25, 0.3) is 0 Å². The van der Waals surface area contributed by atoms with E-state index in [0.717, 1.165) is 56.9 Å². The van der Waals surface area contributed by atoms with Gasteiger partial charge in [-0.25, -0.2) is 9.97 Å². The molecule has 0 saturated carbocycles. The molecule has 0 aliphatic rings. The van der Waals surface area contributed by atoms with E-state index in [1.807, 2.05) is 72.8 Å². The van der Waals surface area contributed by atoms with E-state index in [2.05, 4.69) is 0 Å². The fourth-order valence-electron chi connectivity index (χ4n) is 3.63. The minimum Gasteiger partial charge on any atom is -0.298 e. The van der Waals surface area contributed by atoms with Crippen molar-refractivity contribution in [2.75, 3.05) is 0 Å². The van der Waals surface area contributed by atoms with E-state index in [9.17, 15) is 9.59 Å². The summed E-state index contributed by atoms with van der Waals surface area (Å²) in [6.45, 7) is 0. The van der Waals surface area contributed by atoms with Gasteiger partial charge in [0, 0.05) is 33.0 Å². The van der Waals surface area contributed by atoms with Gasteiger partial charge in [0.05, 0.1) is 22.4 Å².